The maximum atomic E-state index is 12.1. The molecular formula is C14H10ClNO. The van der Waals surface area contributed by atoms with Crippen molar-refractivity contribution in [1.82, 2.24) is 0 Å². The minimum atomic E-state index is 0.133. The molecule has 0 radical (unpaired) electrons. The van der Waals surface area contributed by atoms with E-state index in [1.54, 1.807) is 0 Å². The number of anilines is 2. The highest BCUT2D eigenvalue weighted by molar-refractivity contribution is 6.31. The van der Waals surface area contributed by atoms with Crippen LogP contribution in [0.1, 0.15) is 15.9 Å². The van der Waals surface area contributed by atoms with Gasteiger partial charge in [-0.25, -0.2) is 0 Å². The normalized spacial score (nSPS) is 13.4. The Labute approximate surface area is 104 Å². The standard InChI is InChI=1S/C14H10ClNO/c15-10-6-5-9-7-14(17)11-3-1-2-4-12(11)16-13(9)8-10/h1-6,8,16H,7H2. The molecule has 0 aliphatic carbocycles. The third-order valence-corrected chi connectivity index (χ3v) is 3.15. The summed E-state index contributed by atoms with van der Waals surface area (Å²) in [5.74, 6) is 0.133. The number of para-hydroxylation sites is 1. The van der Waals surface area contributed by atoms with Gasteiger partial charge in [-0.3, -0.25) is 4.79 Å². The molecule has 0 aromatic heterocycles. The van der Waals surface area contributed by atoms with Crippen LogP contribution in [0.15, 0.2) is 42.5 Å². The molecule has 2 aromatic rings. The molecule has 1 N–H and O–H groups in total. The van der Waals surface area contributed by atoms with Gasteiger partial charge in [-0.2, -0.15) is 0 Å². The Morgan fingerprint density at radius 3 is 2.76 bits per heavy atom. The lowest BCUT2D eigenvalue weighted by atomic mass is 10.0. The van der Waals surface area contributed by atoms with Gasteiger partial charge < -0.3 is 5.32 Å². The van der Waals surface area contributed by atoms with Crippen LogP contribution in [-0.4, -0.2) is 5.78 Å². The first-order valence-corrected chi connectivity index (χ1v) is 5.79. The molecule has 0 spiro atoms. The second-order valence-corrected chi connectivity index (χ2v) is 4.51. The van der Waals surface area contributed by atoms with Crippen LogP contribution in [0.3, 0.4) is 0 Å². The highest BCUT2D eigenvalue weighted by atomic mass is 35.5. The van der Waals surface area contributed by atoms with Crippen LogP contribution in [0, 0.1) is 0 Å². The van der Waals surface area contributed by atoms with E-state index >= 15 is 0 Å². The molecule has 0 fully saturated rings. The molecule has 3 rings (SSSR count). The molecule has 1 aliphatic rings. The lowest BCUT2D eigenvalue weighted by molar-refractivity contribution is 0.0994. The number of fused-ring (bicyclic) bond motifs is 2. The molecule has 0 bridgehead atoms. The Balaban J connectivity index is 2.18. The fourth-order valence-corrected chi connectivity index (χ4v) is 2.24. The monoisotopic (exact) mass is 243 g/mol. The molecule has 0 amide bonds. The average Bonchev–Trinajstić information content (AvgIpc) is 2.46. The van der Waals surface area contributed by atoms with Gasteiger partial charge in [0.25, 0.3) is 0 Å². The number of hydrogen-bond acceptors (Lipinski definition) is 2. The summed E-state index contributed by atoms with van der Waals surface area (Å²) in [6.07, 6.45) is 0.413. The van der Waals surface area contributed by atoms with E-state index in [0.29, 0.717) is 11.4 Å². The van der Waals surface area contributed by atoms with E-state index in [9.17, 15) is 4.79 Å². The van der Waals surface area contributed by atoms with Gasteiger partial charge in [-0.1, -0.05) is 29.8 Å². The largest absolute Gasteiger partial charge is 0.355 e. The van der Waals surface area contributed by atoms with Crippen LogP contribution in [0.5, 0.6) is 0 Å². The summed E-state index contributed by atoms with van der Waals surface area (Å²) in [6, 6.07) is 13.1. The van der Waals surface area contributed by atoms with Gasteiger partial charge in [0, 0.05) is 28.4 Å². The van der Waals surface area contributed by atoms with Gasteiger partial charge in [0.1, 0.15) is 0 Å². The summed E-state index contributed by atoms with van der Waals surface area (Å²) >= 11 is 5.97. The minimum Gasteiger partial charge on any atom is -0.355 e. The first-order chi connectivity index (χ1) is 8.24. The highest BCUT2D eigenvalue weighted by Crippen LogP contribution is 2.31. The summed E-state index contributed by atoms with van der Waals surface area (Å²) < 4.78 is 0. The Morgan fingerprint density at radius 2 is 1.88 bits per heavy atom. The molecule has 0 unspecified atom stereocenters. The Bertz CT molecular complexity index is 607. The number of hydrogen-bond donors (Lipinski definition) is 1. The third-order valence-electron chi connectivity index (χ3n) is 2.92. The fraction of sp³-hybridized carbons (Fsp3) is 0.0714. The van der Waals surface area contributed by atoms with Crippen molar-refractivity contribution >= 4 is 28.8 Å². The van der Waals surface area contributed by atoms with Gasteiger partial charge in [0.2, 0.25) is 0 Å². The number of nitrogens with one attached hydrogen (secondary N) is 1. The molecule has 0 saturated carbocycles. The zero-order valence-electron chi connectivity index (χ0n) is 9.03. The number of carbonyl (C=O) groups is 1. The summed E-state index contributed by atoms with van der Waals surface area (Å²) in [6.45, 7) is 0. The number of benzene rings is 2. The number of Topliss-reactive ketones (excluding diaryl/α,β-unsaturated/α-hetero) is 1. The topological polar surface area (TPSA) is 29.1 Å². The number of ketones is 1. The van der Waals surface area contributed by atoms with Gasteiger partial charge in [0.15, 0.2) is 5.78 Å². The smallest absolute Gasteiger partial charge is 0.169 e. The Kier molecular flexibility index (Phi) is 2.37. The van der Waals surface area contributed by atoms with Crippen molar-refractivity contribution in [2.45, 2.75) is 6.42 Å². The zero-order valence-corrected chi connectivity index (χ0v) is 9.79. The van der Waals surface area contributed by atoms with E-state index in [0.717, 1.165) is 22.5 Å². The molecule has 2 nitrogen and oxygen atoms in total. The molecule has 0 saturated heterocycles. The predicted molar refractivity (Wildman–Crippen MR) is 69.2 cm³/mol. The van der Waals surface area contributed by atoms with Crippen molar-refractivity contribution in [2.75, 3.05) is 5.32 Å². The van der Waals surface area contributed by atoms with Crippen molar-refractivity contribution in [3.63, 3.8) is 0 Å². The van der Waals surface area contributed by atoms with Gasteiger partial charge >= 0.3 is 0 Å². The fourth-order valence-electron chi connectivity index (χ4n) is 2.07. The predicted octanol–water partition coefficient (Wildman–Crippen LogP) is 3.82. The first kappa shape index (κ1) is 10.4. The van der Waals surface area contributed by atoms with Crippen molar-refractivity contribution < 1.29 is 4.79 Å². The lowest BCUT2D eigenvalue weighted by Gasteiger charge is -2.08. The second kappa shape index (κ2) is 3.90. The number of halogens is 1. The van der Waals surface area contributed by atoms with Crippen LogP contribution in [-0.2, 0) is 6.42 Å². The molecule has 1 heterocycles. The van der Waals surface area contributed by atoms with Crippen LogP contribution in [0.4, 0.5) is 11.4 Å². The summed E-state index contributed by atoms with van der Waals surface area (Å²) in [4.78, 5) is 12.1. The van der Waals surface area contributed by atoms with Crippen LogP contribution < -0.4 is 5.32 Å². The number of carbonyl (C=O) groups excluding carboxylic acids is 1. The molecule has 0 atom stereocenters. The minimum absolute atomic E-state index is 0.133. The van der Waals surface area contributed by atoms with Gasteiger partial charge in [-0.05, 0) is 29.8 Å². The molecule has 3 heteroatoms. The Hall–Kier alpha value is -1.80. The van der Waals surface area contributed by atoms with Crippen molar-refractivity contribution in [3.05, 3.63) is 58.6 Å². The van der Waals surface area contributed by atoms with Crippen LogP contribution in [0.25, 0.3) is 0 Å². The lowest BCUT2D eigenvalue weighted by Crippen LogP contribution is -2.01. The third kappa shape index (κ3) is 1.81. The molecule has 84 valence electrons. The highest BCUT2D eigenvalue weighted by Gasteiger charge is 2.18. The van der Waals surface area contributed by atoms with E-state index in [1.807, 2.05) is 42.5 Å². The van der Waals surface area contributed by atoms with Crippen LogP contribution in [0.2, 0.25) is 5.02 Å². The zero-order chi connectivity index (χ0) is 11.8. The van der Waals surface area contributed by atoms with Crippen LogP contribution >= 0.6 is 11.6 Å². The maximum absolute atomic E-state index is 12.1. The van der Waals surface area contributed by atoms with Gasteiger partial charge in [-0.15, -0.1) is 0 Å². The second-order valence-electron chi connectivity index (χ2n) is 4.07. The quantitative estimate of drug-likeness (QED) is 0.762. The van der Waals surface area contributed by atoms with E-state index in [4.69, 9.17) is 11.6 Å². The average molecular weight is 244 g/mol. The van der Waals surface area contributed by atoms with Crippen molar-refractivity contribution in [3.8, 4) is 0 Å². The van der Waals surface area contributed by atoms with E-state index in [1.165, 1.54) is 0 Å². The first-order valence-electron chi connectivity index (χ1n) is 5.42. The summed E-state index contributed by atoms with van der Waals surface area (Å²) in [5, 5.41) is 3.94. The van der Waals surface area contributed by atoms with Crippen molar-refractivity contribution in [2.24, 2.45) is 0 Å². The van der Waals surface area contributed by atoms with E-state index in [2.05, 4.69) is 5.32 Å². The molecule has 17 heavy (non-hydrogen) atoms. The van der Waals surface area contributed by atoms with E-state index < -0.39 is 0 Å². The van der Waals surface area contributed by atoms with Gasteiger partial charge in [0.05, 0.1) is 0 Å². The molecule has 2 aromatic carbocycles. The molecule has 1 aliphatic heterocycles. The van der Waals surface area contributed by atoms with Crippen molar-refractivity contribution in [1.29, 1.82) is 0 Å². The Morgan fingerprint density at radius 1 is 1.06 bits per heavy atom. The summed E-state index contributed by atoms with van der Waals surface area (Å²) in [5.41, 5.74) is 3.48. The number of rotatable bonds is 0. The summed E-state index contributed by atoms with van der Waals surface area (Å²) in [7, 11) is 0. The SMILES string of the molecule is O=C1Cc2ccc(Cl)cc2Nc2ccccc21. The molecular weight excluding hydrogens is 234 g/mol. The van der Waals surface area contributed by atoms with E-state index in [-0.39, 0.29) is 5.78 Å². The maximum Gasteiger partial charge on any atom is 0.169 e.